The lowest BCUT2D eigenvalue weighted by Crippen LogP contribution is -2.24. The highest BCUT2D eigenvalue weighted by Gasteiger charge is 2.08. The molecule has 1 amide bonds. The normalized spacial score (nSPS) is 10.4. The van der Waals surface area contributed by atoms with Crippen molar-refractivity contribution < 1.29 is 9.90 Å². The van der Waals surface area contributed by atoms with Crippen molar-refractivity contribution in [2.75, 3.05) is 13.2 Å². The first kappa shape index (κ1) is 13.3. The van der Waals surface area contributed by atoms with Crippen molar-refractivity contribution in [3.8, 4) is 5.69 Å². The fourth-order valence-electron chi connectivity index (χ4n) is 1.70. The van der Waals surface area contributed by atoms with E-state index in [0.29, 0.717) is 18.5 Å². The van der Waals surface area contributed by atoms with Gasteiger partial charge in [-0.1, -0.05) is 18.2 Å². The topological polar surface area (TPSA) is 67.2 Å². The van der Waals surface area contributed by atoms with Crippen molar-refractivity contribution in [2.24, 2.45) is 0 Å². The second-order valence-corrected chi connectivity index (χ2v) is 4.20. The molecule has 5 nitrogen and oxygen atoms in total. The van der Waals surface area contributed by atoms with E-state index in [4.69, 9.17) is 5.11 Å². The van der Waals surface area contributed by atoms with Gasteiger partial charge in [0.2, 0.25) is 0 Å². The van der Waals surface area contributed by atoms with Crippen LogP contribution < -0.4 is 5.32 Å². The molecule has 1 aromatic carbocycles. The Labute approximate surface area is 111 Å². The zero-order chi connectivity index (χ0) is 13.5. The maximum absolute atomic E-state index is 11.8. The Hall–Kier alpha value is -2.14. The molecule has 2 N–H and O–H groups in total. The van der Waals surface area contributed by atoms with Crippen LogP contribution in [0.3, 0.4) is 0 Å². The van der Waals surface area contributed by atoms with Crippen LogP contribution in [0, 0.1) is 0 Å². The van der Waals surface area contributed by atoms with E-state index in [0.717, 1.165) is 12.1 Å². The number of nitrogens with one attached hydrogen (secondary N) is 1. The van der Waals surface area contributed by atoms with Gasteiger partial charge in [0.15, 0.2) is 0 Å². The zero-order valence-electron chi connectivity index (χ0n) is 10.6. The molecule has 0 saturated heterocycles. The number of benzene rings is 1. The van der Waals surface area contributed by atoms with Crippen molar-refractivity contribution in [2.45, 2.75) is 12.8 Å². The predicted octanol–water partition coefficient (Wildman–Crippen LogP) is 1.37. The lowest BCUT2D eigenvalue weighted by Gasteiger charge is -2.02. The summed E-state index contributed by atoms with van der Waals surface area (Å²) in [5.41, 5.74) is 1.45. The Kier molecular flexibility index (Phi) is 4.69. The molecule has 0 aliphatic carbocycles. The van der Waals surface area contributed by atoms with Crippen molar-refractivity contribution in [3.05, 3.63) is 48.3 Å². The molecule has 2 rings (SSSR count). The summed E-state index contributed by atoms with van der Waals surface area (Å²) in [6, 6.07) is 9.63. The Morgan fingerprint density at radius 1 is 1.26 bits per heavy atom. The van der Waals surface area contributed by atoms with Gasteiger partial charge >= 0.3 is 0 Å². The van der Waals surface area contributed by atoms with E-state index in [2.05, 4.69) is 10.4 Å². The molecule has 0 unspecified atom stereocenters. The first-order valence-electron chi connectivity index (χ1n) is 6.30. The molecule has 0 bridgehead atoms. The number of hydrogen-bond acceptors (Lipinski definition) is 3. The monoisotopic (exact) mass is 259 g/mol. The number of hydrogen-bond donors (Lipinski definition) is 2. The van der Waals surface area contributed by atoms with Crippen LogP contribution in [0.1, 0.15) is 23.2 Å². The summed E-state index contributed by atoms with van der Waals surface area (Å²) in [6.45, 7) is 0.720. The Bertz CT molecular complexity index is 522. The minimum Gasteiger partial charge on any atom is -0.396 e. The van der Waals surface area contributed by atoms with Crippen molar-refractivity contribution >= 4 is 5.91 Å². The quantitative estimate of drug-likeness (QED) is 0.770. The Morgan fingerprint density at radius 3 is 2.79 bits per heavy atom. The summed E-state index contributed by atoms with van der Waals surface area (Å²) in [4.78, 5) is 11.8. The van der Waals surface area contributed by atoms with Gasteiger partial charge in [-0.25, -0.2) is 4.68 Å². The van der Waals surface area contributed by atoms with Gasteiger partial charge in [-0.2, -0.15) is 5.10 Å². The summed E-state index contributed by atoms with van der Waals surface area (Å²) >= 11 is 0. The maximum atomic E-state index is 11.8. The van der Waals surface area contributed by atoms with Gasteiger partial charge in [-0.05, 0) is 25.0 Å². The predicted molar refractivity (Wildman–Crippen MR) is 72.2 cm³/mol. The third kappa shape index (κ3) is 3.66. The first-order valence-corrected chi connectivity index (χ1v) is 6.30. The maximum Gasteiger partial charge on any atom is 0.254 e. The third-order valence-corrected chi connectivity index (χ3v) is 2.74. The number of unbranched alkanes of at least 4 members (excludes halogenated alkanes) is 1. The van der Waals surface area contributed by atoms with E-state index in [9.17, 15) is 4.79 Å². The second-order valence-electron chi connectivity index (χ2n) is 4.20. The van der Waals surface area contributed by atoms with Gasteiger partial charge in [-0.3, -0.25) is 4.79 Å². The van der Waals surface area contributed by atoms with Gasteiger partial charge in [0.1, 0.15) is 0 Å². The molecule has 0 spiro atoms. The van der Waals surface area contributed by atoms with Crippen LogP contribution in [0.4, 0.5) is 0 Å². The fraction of sp³-hybridized carbons (Fsp3) is 0.286. The van der Waals surface area contributed by atoms with Gasteiger partial charge in [0, 0.05) is 19.3 Å². The highest BCUT2D eigenvalue weighted by Crippen LogP contribution is 2.07. The first-order chi connectivity index (χ1) is 9.31. The second kappa shape index (κ2) is 6.70. The smallest absolute Gasteiger partial charge is 0.254 e. The minimum absolute atomic E-state index is 0.139. The van der Waals surface area contributed by atoms with Crippen molar-refractivity contribution in [3.63, 3.8) is 0 Å². The van der Waals surface area contributed by atoms with E-state index < -0.39 is 0 Å². The molecule has 0 fully saturated rings. The molecule has 0 aliphatic heterocycles. The summed E-state index contributed by atoms with van der Waals surface area (Å²) < 4.78 is 1.67. The average Bonchev–Trinajstić information content (AvgIpc) is 2.94. The molecule has 0 atom stereocenters. The zero-order valence-corrected chi connectivity index (χ0v) is 10.6. The van der Waals surface area contributed by atoms with E-state index >= 15 is 0 Å². The number of aliphatic hydroxyl groups excluding tert-OH is 1. The van der Waals surface area contributed by atoms with Crippen molar-refractivity contribution in [1.29, 1.82) is 0 Å². The van der Waals surface area contributed by atoms with Crippen LogP contribution in [-0.4, -0.2) is 33.9 Å². The fourth-order valence-corrected chi connectivity index (χ4v) is 1.70. The number of nitrogens with zero attached hydrogens (tertiary/aromatic N) is 2. The summed E-state index contributed by atoms with van der Waals surface area (Å²) in [7, 11) is 0. The van der Waals surface area contributed by atoms with E-state index in [-0.39, 0.29) is 12.5 Å². The molecule has 19 heavy (non-hydrogen) atoms. The molecule has 1 aromatic heterocycles. The summed E-state index contributed by atoms with van der Waals surface area (Å²) in [5, 5.41) is 15.6. The van der Waals surface area contributed by atoms with Crippen LogP contribution in [0.5, 0.6) is 0 Å². The number of carbonyl (C=O) groups is 1. The van der Waals surface area contributed by atoms with E-state index in [1.807, 2.05) is 30.3 Å². The van der Waals surface area contributed by atoms with Crippen LogP contribution in [0.25, 0.3) is 5.69 Å². The standard InChI is InChI=1S/C14H17N3O2/c18-9-5-4-8-15-14(19)12-10-16-17(11-12)13-6-2-1-3-7-13/h1-3,6-7,10-11,18H,4-5,8-9H2,(H,15,19). The third-order valence-electron chi connectivity index (χ3n) is 2.74. The molecule has 100 valence electrons. The Balaban J connectivity index is 1.95. The van der Waals surface area contributed by atoms with E-state index in [1.165, 1.54) is 0 Å². The molecule has 5 heteroatoms. The summed E-state index contributed by atoms with van der Waals surface area (Å²) in [6.07, 6.45) is 4.73. The van der Waals surface area contributed by atoms with Crippen molar-refractivity contribution in [1.82, 2.24) is 15.1 Å². The van der Waals surface area contributed by atoms with E-state index in [1.54, 1.807) is 17.1 Å². The molecular weight excluding hydrogens is 242 g/mol. The van der Waals surface area contributed by atoms with Gasteiger partial charge in [0.25, 0.3) is 5.91 Å². The van der Waals surface area contributed by atoms with Gasteiger partial charge in [0.05, 0.1) is 17.4 Å². The highest BCUT2D eigenvalue weighted by molar-refractivity contribution is 5.93. The van der Waals surface area contributed by atoms with Crippen LogP contribution in [0.2, 0.25) is 0 Å². The lowest BCUT2D eigenvalue weighted by molar-refractivity contribution is 0.0952. The van der Waals surface area contributed by atoms with Crippen LogP contribution >= 0.6 is 0 Å². The number of amides is 1. The molecule has 0 saturated carbocycles. The summed E-state index contributed by atoms with van der Waals surface area (Å²) in [5.74, 6) is -0.139. The highest BCUT2D eigenvalue weighted by atomic mass is 16.2. The number of para-hydroxylation sites is 1. The van der Waals surface area contributed by atoms with Gasteiger partial charge < -0.3 is 10.4 Å². The van der Waals surface area contributed by atoms with Crippen LogP contribution in [-0.2, 0) is 0 Å². The lowest BCUT2D eigenvalue weighted by atomic mass is 10.3. The number of carbonyl (C=O) groups excluding carboxylic acids is 1. The van der Waals surface area contributed by atoms with Crippen LogP contribution in [0.15, 0.2) is 42.7 Å². The number of aromatic nitrogens is 2. The molecule has 0 aliphatic rings. The molecular formula is C14H17N3O2. The number of aliphatic hydroxyl groups is 1. The Morgan fingerprint density at radius 2 is 2.05 bits per heavy atom. The molecule has 0 radical (unpaired) electrons. The number of rotatable bonds is 6. The molecule has 2 aromatic rings. The van der Waals surface area contributed by atoms with Gasteiger partial charge in [-0.15, -0.1) is 0 Å². The average molecular weight is 259 g/mol. The molecule has 1 heterocycles. The largest absolute Gasteiger partial charge is 0.396 e. The SMILES string of the molecule is O=C(NCCCCO)c1cnn(-c2ccccc2)c1. The minimum atomic E-state index is -0.139.